The zero-order valence-electron chi connectivity index (χ0n) is 16.7. The van der Waals surface area contributed by atoms with E-state index in [1.54, 1.807) is 12.4 Å². The molecule has 0 unspecified atom stereocenters. The maximum atomic E-state index is 12.9. The lowest BCUT2D eigenvalue weighted by Crippen LogP contribution is -2.26. The van der Waals surface area contributed by atoms with Gasteiger partial charge in [0.15, 0.2) is 5.13 Å². The second kappa shape index (κ2) is 9.93. The summed E-state index contributed by atoms with van der Waals surface area (Å²) in [5.41, 5.74) is 2.44. The fourth-order valence-corrected chi connectivity index (χ4v) is 3.56. The van der Waals surface area contributed by atoms with Crippen molar-refractivity contribution >= 4 is 22.4 Å². The summed E-state index contributed by atoms with van der Waals surface area (Å²) in [4.78, 5) is 35.8. The van der Waals surface area contributed by atoms with Crippen molar-refractivity contribution in [2.45, 2.75) is 19.8 Å². The van der Waals surface area contributed by atoms with Gasteiger partial charge in [0, 0.05) is 36.3 Å². The summed E-state index contributed by atoms with van der Waals surface area (Å²) in [6.45, 7) is 3.26. The van der Waals surface area contributed by atoms with E-state index < -0.39 is 5.82 Å². The van der Waals surface area contributed by atoms with E-state index >= 15 is 0 Å². The molecule has 0 aliphatic carbocycles. The second-order valence-corrected chi connectivity index (χ2v) is 7.36. The van der Waals surface area contributed by atoms with Gasteiger partial charge in [-0.05, 0) is 44.0 Å². The molecule has 3 heterocycles. The Morgan fingerprint density at radius 2 is 2.03 bits per heavy atom. The predicted molar refractivity (Wildman–Crippen MR) is 116 cm³/mol. The normalized spacial score (nSPS) is 14.0. The molecule has 1 saturated heterocycles. The molecule has 30 heavy (non-hydrogen) atoms. The lowest BCUT2D eigenvalue weighted by atomic mass is 10.2. The molecule has 0 saturated carbocycles. The molecule has 1 fully saturated rings. The third kappa shape index (κ3) is 5.38. The Bertz CT molecular complexity index is 1080. The predicted octanol–water partition coefficient (Wildman–Crippen LogP) is 3.58. The number of hydrogen-bond acceptors (Lipinski definition) is 6. The van der Waals surface area contributed by atoms with Crippen LogP contribution in [0.1, 0.15) is 30.1 Å². The van der Waals surface area contributed by atoms with Crippen molar-refractivity contribution in [1.29, 1.82) is 0 Å². The molecule has 1 aliphatic rings. The number of aromatic amines is 1. The van der Waals surface area contributed by atoms with E-state index in [0.717, 1.165) is 0 Å². The van der Waals surface area contributed by atoms with Crippen LogP contribution in [0.15, 0.2) is 58.6 Å². The number of H-pyrrole nitrogens is 1. The number of hydrogen-bond donors (Lipinski definition) is 2. The number of thiazole rings is 1. The van der Waals surface area contributed by atoms with E-state index in [2.05, 4.69) is 33.3 Å². The third-order valence-electron chi connectivity index (χ3n) is 4.44. The minimum Gasteiger partial charge on any atom is -0.389 e. The summed E-state index contributed by atoms with van der Waals surface area (Å²) < 4.78 is 12.9. The van der Waals surface area contributed by atoms with Crippen LogP contribution in [0.2, 0.25) is 0 Å². The van der Waals surface area contributed by atoms with Crippen LogP contribution in [0.25, 0.3) is 11.4 Å². The molecule has 4 rings (SSSR count). The maximum absolute atomic E-state index is 12.9. The van der Waals surface area contributed by atoms with Crippen molar-refractivity contribution in [3.8, 4) is 11.4 Å². The van der Waals surface area contributed by atoms with Crippen LogP contribution in [0.4, 0.5) is 9.52 Å². The summed E-state index contributed by atoms with van der Waals surface area (Å²) in [6, 6.07) is 6.63. The van der Waals surface area contributed by atoms with Crippen molar-refractivity contribution in [3.63, 3.8) is 0 Å². The summed E-state index contributed by atoms with van der Waals surface area (Å²) in [7, 11) is 1.58. The molecule has 0 radical (unpaired) electrons. The third-order valence-corrected chi connectivity index (χ3v) is 5.36. The zero-order valence-corrected chi connectivity index (χ0v) is 17.5. The van der Waals surface area contributed by atoms with Crippen molar-refractivity contribution in [2.24, 2.45) is 0 Å². The molecule has 1 amide bonds. The molecule has 0 spiro atoms. The van der Waals surface area contributed by atoms with Gasteiger partial charge >= 0.3 is 0 Å². The van der Waals surface area contributed by atoms with E-state index in [4.69, 9.17) is 0 Å². The maximum Gasteiger partial charge on any atom is 0.259 e. The summed E-state index contributed by atoms with van der Waals surface area (Å²) in [6.07, 6.45) is 6.02. The number of amides is 1. The Kier molecular flexibility index (Phi) is 7.08. The van der Waals surface area contributed by atoms with Gasteiger partial charge in [-0.15, -0.1) is 11.3 Å². The van der Waals surface area contributed by atoms with Crippen LogP contribution < -0.4 is 15.8 Å². The van der Waals surface area contributed by atoms with E-state index in [1.807, 2.05) is 0 Å². The van der Waals surface area contributed by atoms with Gasteiger partial charge in [0.2, 0.25) is 0 Å². The fourth-order valence-electron chi connectivity index (χ4n) is 2.78. The van der Waals surface area contributed by atoms with Crippen LogP contribution in [-0.4, -0.2) is 34.5 Å². The topological polar surface area (TPSA) is 91.0 Å². The number of carbonyl (C=O) groups is 1. The number of nitrogens with zero attached hydrogens (tertiary/aromatic N) is 3. The second-order valence-electron chi connectivity index (χ2n) is 6.53. The Balaban J connectivity index is 0.000000310. The molecule has 1 aliphatic heterocycles. The van der Waals surface area contributed by atoms with E-state index in [1.165, 1.54) is 78.0 Å². The lowest BCUT2D eigenvalue weighted by molar-refractivity contribution is 0.0993. The largest absolute Gasteiger partial charge is 0.389 e. The Hall–Kier alpha value is -3.33. The van der Waals surface area contributed by atoms with Crippen molar-refractivity contribution in [1.82, 2.24) is 20.3 Å². The molecule has 2 aromatic heterocycles. The minimum atomic E-state index is -0.402. The SMILES string of the molecule is C/C=C1\CCCN1.CN(C(=O)c1ccc(F)cc1)c1nc(-c2cc(=O)[nH]cn2)cs1. The molecule has 156 valence electrons. The first kappa shape index (κ1) is 21.4. The van der Waals surface area contributed by atoms with Gasteiger partial charge in [-0.2, -0.15) is 0 Å². The van der Waals surface area contributed by atoms with Crippen LogP contribution in [0, 0.1) is 5.82 Å². The Morgan fingerprint density at radius 3 is 2.63 bits per heavy atom. The lowest BCUT2D eigenvalue weighted by Gasteiger charge is -2.13. The molecule has 3 aromatic rings. The number of carbonyl (C=O) groups excluding carboxylic acids is 1. The standard InChI is InChI=1S/C15H11FN4O2S.C6H11N/c1-20(14(22)9-2-4-10(16)5-3-9)15-19-12(7-23-15)11-6-13(21)18-8-17-11;1-2-6-4-3-5-7-6/h2-8H,1H3,(H,17,18,21);2,7H,3-5H2,1H3/b;6-2+. The van der Waals surface area contributed by atoms with Gasteiger partial charge in [0.25, 0.3) is 11.5 Å². The highest BCUT2D eigenvalue weighted by molar-refractivity contribution is 7.14. The highest BCUT2D eigenvalue weighted by atomic mass is 32.1. The molecular weight excluding hydrogens is 405 g/mol. The number of nitrogens with one attached hydrogen (secondary N) is 2. The van der Waals surface area contributed by atoms with Crippen LogP contribution in [-0.2, 0) is 0 Å². The Labute approximate surface area is 177 Å². The number of aromatic nitrogens is 3. The first-order valence-electron chi connectivity index (χ1n) is 9.41. The van der Waals surface area contributed by atoms with Gasteiger partial charge in [-0.25, -0.2) is 14.4 Å². The molecule has 0 bridgehead atoms. The molecule has 9 heteroatoms. The average molecular weight is 428 g/mol. The molecular formula is C21H22FN5O2S. The van der Waals surface area contributed by atoms with Gasteiger partial charge in [-0.3, -0.25) is 14.5 Å². The Morgan fingerprint density at radius 1 is 1.27 bits per heavy atom. The first-order valence-corrected chi connectivity index (χ1v) is 10.3. The number of halogens is 1. The summed E-state index contributed by atoms with van der Waals surface area (Å²) in [5, 5.41) is 5.44. The van der Waals surface area contributed by atoms with E-state index in [0.29, 0.717) is 22.1 Å². The number of anilines is 1. The molecule has 0 atom stereocenters. The summed E-state index contributed by atoms with van der Waals surface area (Å²) >= 11 is 1.25. The molecule has 1 aromatic carbocycles. The summed E-state index contributed by atoms with van der Waals surface area (Å²) in [5.74, 6) is -0.703. The van der Waals surface area contributed by atoms with Gasteiger partial charge in [0.05, 0.1) is 12.0 Å². The average Bonchev–Trinajstić information content (AvgIpc) is 3.46. The van der Waals surface area contributed by atoms with Gasteiger partial charge in [-0.1, -0.05) is 6.08 Å². The van der Waals surface area contributed by atoms with Gasteiger partial charge < -0.3 is 10.3 Å². The van der Waals surface area contributed by atoms with E-state index in [-0.39, 0.29) is 11.5 Å². The van der Waals surface area contributed by atoms with Crippen LogP contribution in [0.5, 0.6) is 0 Å². The van der Waals surface area contributed by atoms with E-state index in [9.17, 15) is 14.0 Å². The fraction of sp³-hybridized carbons (Fsp3) is 0.238. The van der Waals surface area contributed by atoms with Crippen LogP contribution >= 0.6 is 11.3 Å². The van der Waals surface area contributed by atoms with Crippen molar-refractivity contribution in [2.75, 3.05) is 18.5 Å². The number of benzene rings is 1. The highest BCUT2D eigenvalue weighted by Gasteiger charge is 2.17. The number of rotatable bonds is 3. The van der Waals surface area contributed by atoms with Gasteiger partial charge in [0.1, 0.15) is 11.5 Å². The molecule has 7 nitrogen and oxygen atoms in total. The van der Waals surface area contributed by atoms with Crippen molar-refractivity contribution < 1.29 is 9.18 Å². The zero-order chi connectivity index (χ0) is 21.5. The number of allylic oxidation sites excluding steroid dienone is 2. The monoisotopic (exact) mass is 427 g/mol. The molecule has 2 N–H and O–H groups in total. The smallest absolute Gasteiger partial charge is 0.259 e. The van der Waals surface area contributed by atoms with Crippen molar-refractivity contribution in [3.05, 3.63) is 75.5 Å². The van der Waals surface area contributed by atoms with Crippen LogP contribution in [0.3, 0.4) is 0 Å². The minimum absolute atomic E-state index is 0.278. The first-order chi connectivity index (χ1) is 14.5. The quantitative estimate of drug-likeness (QED) is 0.667. The highest BCUT2D eigenvalue weighted by Crippen LogP contribution is 2.26.